The van der Waals surface area contributed by atoms with Crippen LogP contribution in [0.2, 0.25) is 0 Å². The number of aliphatic hydroxyl groups is 1. The van der Waals surface area contributed by atoms with E-state index in [9.17, 15) is 5.11 Å². The summed E-state index contributed by atoms with van der Waals surface area (Å²) < 4.78 is 12.3. The quantitative estimate of drug-likeness (QED) is 0.911. The highest BCUT2D eigenvalue weighted by Crippen LogP contribution is 2.42. The van der Waals surface area contributed by atoms with Crippen molar-refractivity contribution in [2.24, 2.45) is 0 Å². The van der Waals surface area contributed by atoms with Crippen LogP contribution in [0.15, 0.2) is 10.5 Å². The highest BCUT2D eigenvalue weighted by molar-refractivity contribution is 9.10. The van der Waals surface area contributed by atoms with Gasteiger partial charge in [-0.15, -0.1) is 0 Å². The summed E-state index contributed by atoms with van der Waals surface area (Å²) in [6.07, 6.45) is 1.18. The third-order valence-electron chi connectivity index (χ3n) is 2.90. The first-order chi connectivity index (χ1) is 8.15. The van der Waals surface area contributed by atoms with Crippen LogP contribution in [0.4, 0.5) is 0 Å². The number of halogens is 1. The molecule has 1 N–H and O–H groups in total. The lowest BCUT2D eigenvalue weighted by atomic mass is 9.99. The van der Waals surface area contributed by atoms with Crippen LogP contribution in [0.3, 0.4) is 0 Å². The largest absolute Gasteiger partial charge is 0.490 e. The number of hydrogen-bond acceptors (Lipinski definition) is 3. The predicted octanol–water partition coefficient (Wildman–Crippen LogP) is 3.23. The molecule has 0 saturated heterocycles. The van der Waals surface area contributed by atoms with Crippen molar-refractivity contribution in [1.29, 1.82) is 0 Å². The number of benzene rings is 1. The molecule has 1 heterocycles. The van der Waals surface area contributed by atoms with Gasteiger partial charge >= 0.3 is 0 Å². The maximum absolute atomic E-state index is 9.86. The summed E-state index contributed by atoms with van der Waals surface area (Å²) in [5, 5.41) is 9.86. The first-order valence-corrected chi connectivity index (χ1v) is 6.73. The van der Waals surface area contributed by atoms with Crippen LogP contribution in [0.5, 0.6) is 11.5 Å². The van der Waals surface area contributed by atoms with E-state index in [0.717, 1.165) is 39.9 Å². The second kappa shape index (κ2) is 5.27. The Morgan fingerprint density at radius 1 is 1.41 bits per heavy atom. The molecule has 3 nitrogen and oxygen atoms in total. The van der Waals surface area contributed by atoms with Crippen molar-refractivity contribution in [1.82, 2.24) is 0 Å². The Hall–Kier alpha value is -0.740. The topological polar surface area (TPSA) is 38.7 Å². The monoisotopic (exact) mass is 300 g/mol. The molecule has 0 fully saturated rings. The number of fused-ring (bicyclic) bond motifs is 1. The van der Waals surface area contributed by atoms with Crippen LogP contribution in [0, 0.1) is 0 Å². The summed E-state index contributed by atoms with van der Waals surface area (Å²) in [4.78, 5) is 0. The van der Waals surface area contributed by atoms with Gasteiger partial charge in [-0.1, -0.05) is 22.9 Å². The molecule has 1 aromatic carbocycles. The fourth-order valence-electron chi connectivity index (χ4n) is 2.16. The van der Waals surface area contributed by atoms with Crippen LogP contribution < -0.4 is 9.47 Å². The van der Waals surface area contributed by atoms with E-state index < -0.39 is 6.10 Å². The molecular formula is C13H17BrO3. The lowest BCUT2D eigenvalue weighted by molar-refractivity contribution is 0.196. The Morgan fingerprint density at radius 3 is 2.76 bits per heavy atom. The maximum Gasteiger partial charge on any atom is 0.164 e. The van der Waals surface area contributed by atoms with E-state index in [2.05, 4.69) is 22.9 Å². The maximum atomic E-state index is 9.86. The molecule has 1 unspecified atom stereocenters. The summed E-state index contributed by atoms with van der Waals surface area (Å²) in [5.74, 6) is 1.57. The van der Waals surface area contributed by atoms with Crippen LogP contribution in [-0.4, -0.2) is 18.3 Å². The Labute approximate surface area is 110 Å². The molecule has 1 aliphatic heterocycles. The third kappa shape index (κ3) is 2.43. The van der Waals surface area contributed by atoms with Gasteiger partial charge in [0.1, 0.15) is 0 Å². The fraction of sp³-hybridized carbons (Fsp3) is 0.538. The van der Waals surface area contributed by atoms with Gasteiger partial charge in [-0.05, 0) is 19.4 Å². The highest BCUT2D eigenvalue weighted by atomic mass is 79.9. The van der Waals surface area contributed by atoms with E-state index in [1.807, 2.05) is 6.07 Å². The zero-order valence-electron chi connectivity index (χ0n) is 10.1. The van der Waals surface area contributed by atoms with Crippen LogP contribution >= 0.6 is 15.9 Å². The van der Waals surface area contributed by atoms with E-state index in [0.29, 0.717) is 13.2 Å². The van der Waals surface area contributed by atoms with Gasteiger partial charge in [0.05, 0.1) is 19.3 Å². The van der Waals surface area contributed by atoms with Crippen molar-refractivity contribution in [3.63, 3.8) is 0 Å². The molecule has 2 rings (SSSR count). The number of hydrogen-bond donors (Lipinski definition) is 1. The third-order valence-corrected chi connectivity index (χ3v) is 3.56. The van der Waals surface area contributed by atoms with Crippen molar-refractivity contribution in [3.05, 3.63) is 21.7 Å². The average molecular weight is 301 g/mol. The molecule has 1 aromatic rings. The van der Waals surface area contributed by atoms with Gasteiger partial charge in [0.25, 0.3) is 0 Å². The first kappa shape index (κ1) is 12.7. The molecule has 94 valence electrons. The van der Waals surface area contributed by atoms with Gasteiger partial charge in [-0.3, -0.25) is 0 Å². The molecule has 0 amide bonds. The molecule has 0 spiro atoms. The molecule has 1 atom stereocenters. The minimum Gasteiger partial charge on any atom is -0.490 e. The molecule has 1 aliphatic rings. The SMILES string of the molecule is CCc1c2c(cc(Br)c1C(C)O)OCCCO2. The smallest absolute Gasteiger partial charge is 0.164 e. The van der Waals surface area contributed by atoms with E-state index in [4.69, 9.17) is 9.47 Å². The van der Waals surface area contributed by atoms with Gasteiger partial charge in [0.15, 0.2) is 11.5 Å². The van der Waals surface area contributed by atoms with Crippen LogP contribution in [0.25, 0.3) is 0 Å². The summed E-state index contributed by atoms with van der Waals surface area (Å²) in [6, 6.07) is 1.89. The van der Waals surface area contributed by atoms with E-state index in [1.165, 1.54) is 0 Å². The summed E-state index contributed by atoms with van der Waals surface area (Å²) in [5.41, 5.74) is 1.93. The second-order valence-electron chi connectivity index (χ2n) is 4.16. The predicted molar refractivity (Wildman–Crippen MR) is 69.8 cm³/mol. The van der Waals surface area contributed by atoms with Gasteiger partial charge in [0, 0.05) is 22.0 Å². The Balaban J connectivity index is 2.60. The van der Waals surface area contributed by atoms with Gasteiger partial charge in [-0.2, -0.15) is 0 Å². The molecular weight excluding hydrogens is 284 g/mol. The van der Waals surface area contributed by atoms with Gasteiger partial charge in [0.2, 0.25) is 0 Å². The van der Waals surface area contributed by atoms with Gasteiger partial charge in [-0.25, -0.2) is 0 Å². The fourth-order valence-corrected chi connectivity index (χ4v) is 2.94. The van der Waals surface area contributed by atoms with E-state index in [1.54, 1.807) is 6.92 Å². The lowest BCUT2D eigenvalue weighted by Gasteiger charge is -2.19. The lowest BCUT2D eigenvalue weighted by Crippen LogP contribution is -2.04. The zero-order chi connectivity index (χ0) is 12.4. The standard InChI is InChI=1S/C13H17BrO3/c1-3-9-12(8(2)15)10(14)7-11-13(9)17-6-4-5-16-11/h7-8,15H,3-6H2,1-2H3. The molecule has 0 bridgehead atoms. The molecule has 0 saturated carbocycles. The molecule has 0 aromatic heterocycles. The summed E-state index contributed by atoms with van der Waals surface area (Å²) >= 11 is 3.50. The summed E-state index contributed by atoms with van der Waals surface area (Å²) in [7, 11) is 0. The highest BCUT2D eigenvalue weighted by Gasteiger charge is 2.22. The average Bonchev–Trinajstić information content (AvgIpc) is 2.51. The Kier molecular flexibility index (Phi) is 3.94. The minimum atomic E-state index is -0.517. The van der Waals surface area contributed by atoms with E-state index >= 15 is 0 Å². The second-order valence-corrected chi connectivity index (χ2v) is 5.01. The van der Waals surface area contributed by atoms with Crippen molar-refractivity contribution in [2.75, 3.05) is 13.2 Å². The summed E-state index contributed by atoms with van der Waals surface area (Å²) in [6.45, 7) is 5.17. The normalized spacial score (nSPS) is 16.5. The molecule has 0 aliphatic carbocycles. The van der Waals surface area contributed by atoms with Crippen LogP contribution in [0.1, 0.15) is 37.5 Å². The zero-order valence-corrected chi connectivity index (χ0v) is 11.7. The first-order valence-electron chi connectivity index (χ1n) is 5.94. The van der Waals surface area contributed by atoms with Crippen LogP contribution in [-0.2, 0) is 6.42 Å². The number of aliphatic hydroxyl groups excluding tert-OH is 1. The molecule has 0 radical (unpaired) electrons. The van der Waals surface area contributed by atoms with Crippen molar-refractivity contribution < 1.29 is 14.6 Å². The number of rotatable bonds is 2. The van der Waals surface area contributed by atoms with Gasteiger partial charge < -0.3 is 14.6 Å². The number of ether oxygens (including phenoxy) is 2. The molecule has 4 heteroatoms. The Morgan fingerprint density at radius 2 is 2.12 bits per heavy atom. The molecule has 17 heavy (non-hydrogen) atoms. The Bertz CT molecular complexity index is 416. The van der Waals surface area contributed by atoms with Crippen molar-refractivity contribution >= 4 is 15.9 Å². The van der Waals surface area contributed by atoms with Crippen molar-refractivity contribution in [2.45, 2.75) is 32.8 Å². The van der Waals surface area contributed by atoms with Crippen molar-refractivity contribution in [3.8, 4) is 11.5 Å². The minimum absolute atomic E-state index is 0.517. The van der Waals surface area contributed by atoms with E-state index in [-0.39, 0.29) is 0 Å².